The molecule has 6 nitrogen and oxygen atoms in total. The van der Waals surface area contributed by atoms with E-state index in [1.165, 1.54) is 0 Å². The Labute approximate surface area is 125 Å². The Morgan fingerprint density at radius 2 is 1.81 bits per heavy atom. The molecule has 0 aromatic carbocycles. The number of aromatic nitrogens is 1. The van der Waals surface area contributed by atoms with E-state index in [2.05, 4.69) is 4.37 Å². The van der Waals surface area contributed by atoms with Crippen molar-refractivity contribution in [3.05, 3.63) is 11.3 Å². The monoisotopic (exact) mass is 308 g/mol. The quantitative estimate of drug-likeness (QED) is 0.847. The lowest BCUT2D eigenvalue weighted by Gasteiger charge is -2.36. The second-order valence-corrected chi connectivity index (χ2v) is 6.69. The number of anilines is 1. The van der Waals surface area contributed by atoms with E-state index in [9.17, 15) is 19.5 Å². The zero-order chi connectivity index (χ0) is 15.2. The number of imide groups is 1. The summed E-state index contributed by atoms with van der Waals surface area (Å²) in [4.78, 5) is 37.2. The fraction of sp³-hybridized carbons (Fsp3) is 0.571. The van der Waals surface area contributed by atoms with Gasteiger partial charge in [0.2, 0.25) is 11.8 Å². The van der Waals surface area contributed by atoms with Crippen molar-refractivity contribution in [1.29, 1.82) is 0 Å². The highest BCUT2D eigenvalue weighted by Gasteiger charge is 2.46. The van der Waals surface area contributed by atoms with Gasteiger partial charge in [-0.2, -0.15) is 4.37 Å². The van der Waals surface area contributed by atoms with E-state index in [1.54, 1.807) is 6.92 Å². The second-order valence-electron chi connectivity index (χ2n) is 5.94. The molecule has 2 heterocycles. The molecule has 1 aliphatic heterocycles. The Balaban J connectivity index is 1.95. The molecule has 2 aliphatic rings. The number of carboxylic acid groups (broad SMARTS) is 1. The fourth-order valence-corrected chi connectivity index (χ4v) is 4.39. The molecule has 1 saturated carbocycles. The normalized spacial score (nSPS) is 21.3. The van der Waals surface area contributed by atoms with Crippen LogP contribution in [0.1, 0.15) is 54.6 Å². The van der Waals surface area contributed by atoms with E-state index in [0.717, 1.165) is 42.1 Å². The second kappa shape index (κ2) is 4.91. The van der Waals surface area contributed by atoms with E-state index >= 15 is 0 Å². The van der Waals surface area contributed by atoms with Gasteiger partial charge in [0.25, 0.3) is 0 Å². The number of carboxylic acids is 1. The Morgan fingerprint density at radius 3 is 2.33 bits per heavy atom. The lowest BCUT2D eigenvalue weighted by Crippen LogP contribution is -2.47. The molecule has 1 aromatic heterocycles. The third-order valence-corrected chi connectivity index (χ3v) is 5.40. The molecule has 1 N–H and O–H groups in total. The maximum Gasteiger partial charge on any atom is 0.340 e. The molecule has 0 atom stereocenters. The molecule has 0 bridgehead atoms. The first-order valence-corrected chi connectivity index (χ1v) is 7.76. The summed E-state index contributed by atoms with van der Waals surface area (Å²) in [6.07, 6.45) is 4.59. The van der Waals surface area contributed by atoms with Crippen molar-refractivity contribution in [1.82, 2.24) is 4.37 Å². The predicted octanol–water partition coefficient (Wildman–Crippen LogP) is 2.36. The minimum absolute atomic E-state index is 0.0379. The van der Waals surface area contributed by atoms with Gasteiger partial charge >= 0.3 is 5.97 Å². The van der Waals surface area contributed by atoms with E-state index in [-0.39, 0.29) is 27.8 Å². The predicted molar refractivity (Wildman–Crippen MR) is 76.4 cm³/mol. The van der Waals surface area contributed by atoms with Crippen molar-refractivity contribution in [3.8, 4) is 0 Å². The molecular weight excluding hydrogens is 292 g/mol. The van der Waals surface area contributed by atoms with Crippen LogP contribution in [-0.2, 0) is 9.59 Å². The van der Waals surface area contributed by atoms with Gasteiger partial charge in [-0.3, -0.25) is 9.59 Å². The molecule has 2 amide bonds. The molecule has 3 rings (SSSR count). The molecule has 1 spiro atoms. The molecule has 1 aromatic rings. The van der Waals surface area contributed by atoms with Crippen LogP contribution in [0.2, 0.25) is 0 Å². The van der Waals surface area contributed by atoms with E-state index in [4.69, 9.17) is 0 Å². The average Bonchev–Trinajstić information content (AvgIpc) is 2.96. The average molecular weight is 308 g/mol. The molecule has 0 radical (unpaired) electrons. The molecular formula is C14H16N2O4S. The summed E-state index contributed by atoms with van der Waals surface area (Å²) >= 11 is 0.903. The lowest BCUT2D eigenvalue weighted by atomic mass is 9.76. The first-order chi connectivity index (χ1) is 9.93. The Hall–Kier alpha value is -1.76. The van der Waals surface area contributed by atoms with Gasteiger partial charge in [-0.15, -0.1) is 0 Å². The van der Waals surface area contributed by atoms with Gasteiger partial charge in [0.05, 0.1) is 5.69 Å². The number of amides is 2. The van der Waals surface area contributed by atoms with Gasteiger partial charge in [0.15, 0.2) is 0 Å². The first kappa shape index (κ1) is 14.2. The molecule has 0 unspecified atom stereocenters. The number of carbonyl (C=O) groups is 3. The van der Waals surface area contributed by atoms with E-state index < -0.39 is 5.97 Å². The van der Waals surface area contributed by atoms with Crippen molar-refractivity contribution in [3.63, 3.8) is 0 Å². The number of nitrogens with zero attached hydrogens (tertiary/aromatic N) is 2. The highest BCUT2D eigenvalue weighted by Crippen LogP contribution is 2.48. The number of aryl methyl sites for hydroxylation is 1. The SMILES string of the molecule is Cc1nsc(N2C(=O)CC3(CCCC3)CC2=O)c1C(=O)O. The highest BCUT2D eigenvalue weighted by atomic mass is 32.1. The Kier molecular flexibility index (Phi) is 3.32. The van der Waals surface area contributed by atoms with Gasteiger partial charge in [-0.25, -0.2) is 9.69 Å². The van der Waals surface area contributed by atoms with Crippen LogP contribution in [-0.4, -0.2) is 27.3 Å². The maximum absolute atomic E-state index is 12.4. The largest absolute Gasteiger partial charge is 0.478 e. The standard InChI is InChI=1S/C14H16N2O4S/c1-8-11(13(19)20)12(21-15-8)16-9(17)6-14(7-10(16)18)4-2-3-5-14/h2-7H2,1H3,(H,19,20). The van der Waals surface area contributed by atoms with Crippen molar-refractivity contribution in [2.24, 2.45) is 5.41 Å². The fourth-order valence-electron chi connectivity index (χ4n) is 3.46. The molecule has 21 heavy (non-hydrogen) atoms. The number of carbonyl (C=O) groups excluding carboxylic acids is 2. The zero-order valence-electron chi connectivity index (χ0n) is 11.7. The lowest BCUT2D eigenvalue weighted by molar-refractivity contribution is -0.133. The number of piperidine rings is 1. The van der Waals surface area contributed by atoms with Gasteiger partial charge < -0.3 is 5.11 Å². The number of hydrogen-bond acceptors (Lipinski definition) is 5. The third kappa shape index (κ3) is 2.25. The highest BCUT2D eigenvalue weighted by molar-refractivity contribution is 7.11. The van der Waals surface area contributed by atoms with Gasteiger partial charge in [-0.1, -0.05) is 12.8 Å². The first-order valence-electron chi connectivity index (χ1n) is 6.99. The summed E-state index contributed by atoms with van der Waals surface area (Å²) in [5.74, 6) is -1.74. The summed E-state index contributed by atoms with van der Waals surface area (Å²) < 4.78 is 3.99. The molecule has 7 heteroatoms. The maximum atomic E-state index is 12.4. The van der Waals surface area contributed by atoms with Gasteiger partial charge in [0.1, 0.15) is 10.6 Å². The van der Waals surface area contributed by atoms with E-state index in [1.807, 2.05) is 0 Å². The zero-order valence-corrected chi connectivity index (χ0v) is 12.5. The van der Waals surface area contributed by atoms with Crippen LogP contribution < -0.4 is 4.90 Å². The van der Waals surface area contributed by atoms with Crippen molar-refractivity contribution < 1.29 is 19.5 Å². The molecule has 2 fully saturated rings. The van der Waals surface area contributed by atoms with Crippen LogP contribution in [0.5, 0.6) is 0 Å². The van der Waals surface area contributed by atoms with Gasteiger partial charge in [0, 0.05) is 12.8 Å². The minimum Gasteiger partial charge on any atom is -0.478 e. The van der Waals surface area contributed by atoms with Crippen LogP contribution in [0.25, 0.3) is 0 Å². The summed E-state index contributed by atoms with van der Waals surface area (Å²) in [6.45, 7) is 1.57. The molecule has 112 valence electrons. The third-order valence-electron chi connectivity index (χ3n) is 4.48. The van der Waals surface area contributed by atoms with Gasteiger partial charge in [-0.05, 0) is 36.7 Å². The topological polar surface area (TPSA) is 87.6 Å². The van der Waals surface area contributed by atoms with Crippen LogP contribution in [0.3, 0.4) is 0 Å². The Morgan fingerprint density at radius 1 is 1.24 bits per heavy atom. The number of hydrogen-bond donors (Lipinski definition) is 1. The Bertz CT molecular complexity index is 611. The summed E-state index contributed by atoms with van der Waals surface area (Å²) in [6, 6.07) is 0. The number of aromatic carboxylic acids is 1. The van der Waals surface area contributed by atoms with Crippen molar-refractivity contribution >= 4 is 34.3 Å². The van der Waals surface area contributed by atoms with Crippen molar-refractivity contribution in [2.45, 2.75) is 45.4 Å². The summed E-state index contributed by atoms with van der Waals surface area (Å²) in [7, 11) is 0. The van der Waals surface area contributed by atoms with Crippen LogP contribution in [0.15, 0.2) is 0 Å². The molecule has 1 saturated heterocycles. The van der Waals surface area contributed by atoms with Crippen LogP contribution >= 0.6 is 11.5 Å². The van der Waals surface area contributed by atoms with Crippen LogP contribution in [0.4, 0.5) is 5.00 Å². The van der Waals surface area contributed by atoms with Crippen molar-refractivity contribution in [2.75, 3.05) is 4.90 Å². The summed E-state index contributed by atoms with van der Waals surface area (Å²) in [5, 5.41) is 9.42. The molecule has 1 aliphatic carbocycles. The summed E-state index contributed by atoms with van der Waals surface area (Å²) in [5.41, 5.74) is 0.113. The number of rotatable bonds is 2. The van der Waals surface area contributed by atoms with E-state index in [0.29, 0.717) is 18.5 Å². The minimum atomic E-state index is -1.15. The smallest absolute Gasteiger partial charge is 0.340 e. The van der Waals surface area contributed by atoms with Crippen LogP contribution in [0, 0.1) is 12.3 Å².